The van der Waals surface area contributed by atoms with Gasteiger partial charge in [-0.25, -0.2) is 8.42 Å². The van der Waals surface area contributed by atoms with Gasteiger partial charge in [-0.1, -0.05) is 18.2 Å². The Bertz CT molecular complexity index is 994. The number of amides is 1. The molecule has 1 aliphatic rings. The minimum atomic E-state index is -3.28. The summed E-state index contributed by atoms with van der Waals surface area (Å²) in [4.78, 5) is 14.8. The van der Waals surface area contributed by atoms with E-state index in [2.05, 4.69) is 0 Å². The number of hydrogen-bond acceptors (Lipinski definition) is 4. The van der Waals surface area contributed by atoms with Crippen LogP contribution >= 0.6 is 0 Å². The van der Waals surface area contributed by atoms with Gasteiger partial charge in [0.1, 0.15) is 5.75 Å². The molecule has 1 unspecified atom stereocenters. The van der Waals surface area contributed by atoms with Crippen LogP contribution in [0.2, 0.25) is 0 Å². The van der Waals surface area contributed by atoms with Gasteiger partial charge in [0, 0.05) is 11.1 Å². The highest BCUT2D eigenvalue weighted by Crippen LogP contribution is 2.26. The van der Waals surface area contributed by atoms with Crippen LogP contribution in [0.15, 0.2) is 53.9 Å². The molecule has 0 saturated carbocycles. The van der Waals surface area contributed by atoms with Crippen molar-refractivity contribution in [2.45, 2.75) is 33.2 Å². The second-order valence-corrected chi connectivity index (χ2v) is 8.94. The summed E-state index contributed by atoms with van der Waals surface area (Å²) in [6.07, 6.45) is 1.78. The highest BCUT2D eigenvalue weighted by Gasteiger charge is 2.31. The Morgan fingerprint density at radius 1 is 1.11 bits per heavy atom. The first-order valence-electron chi connectivity index (χ1n) is 9.31. The highest BCUT2D eigenvalue weighted by molar-refractivity contribution is 7.94. The second-order valence-electron chi connectivity index (χ2n) is 7.01. The zero-order chi connectivity index (χ0) is 20.3. The van der Waals surface area contributed by atoms with Gasteiger partial charge in [-0.15, -0.1) is 0 Å². The largest absolute Gasteiger partial charge is 0.494 e. The summed E-state index contributed by atoms with van der Waals surface area (Å²) in [5.74, 6) is 0.531. The van der Waals surface area contributed by atoms with Crippen LogP contribution < -0.4 is 9.64 Å². The van der Waals surface area contributed by atoms with Crippen LogP contribution in [0.25, 0.3) is 0 Å². The molecule has 0 radical (unpaired) electrons. The Balaban J connectivity index is 1.88. The highest BCUT2D eigenvalue weighted by atomic mass is 32.2. The van der Waals surface area contributed by atoms with Gasteiger partial charge in [0.2, 0.25) is 5.91 Å². The predicted molar refractivity (Wildman–Crippen MR) is 111 cm³/mol. The molecule has 1 atom stereocenters. The van der Waals surface area contributed by atoms with Gasteiger partial charge < -0.3 is 9.64 Å². The lowest BCUT2D eigenvalue weighted by Gasteiger charge is -2.28. The molecule has 0 spiro atoms. The summed E-state index contributed by atoms with van der Waals surface area (Å²) in [7, 11) is -3.28. The van der Waals surface area contributed by atoms with Crippen molar-refractivity contribution in [3.05, 3.63) is 70.6 Å². The maximum Gasteiger partial charge on any atom is 0.231 e. The molecule has 28 heavy (non-hydrogen) atoms. The van der Waals surface area contributed by atoms with Crippen LogP contribution in [0, 0.1) is 13.8 Å². The molecule has 0 saturated heterocycles. The first-order chi connectivity index (χ1) is 13.3. The molecule has 3 rings (SSSR count). The maximum atomic E-state index is 13.2. The van der Waals surface area contributed by atoms with Crippen LogP contribution in [0.4, 0.5) is 5.69 Å². The van der Waals surface area contributed by atoms with Crippen molar-refractivity contribution in [1.29, 1.82) is 0 Å². The van der Waals surface area contributed by atoms with E-state index in [1.54, 1.807) is 11.0 Å². The number of carbonyl (C=O) groups excluding carboxylic acids is 1. The molecule has 6 heteroatoms. The zero-order valence-corrected chi connectivity index (χ0v) is 17.2. The normalized spacial score (nSPS) is 17.5. The molecule has 0 bridgehead atoms. The third-order valence-electron chi connectivity index (χ3n) is 4.87. The molecule has 0 fully saturated rings. The summed E-state index contributed by atoms with van der Waals surface area (Å²) < 4.78 is 29.3. The average molecular weight is 400 g/mol. The van der Waals surface area contributed by atoms with Crippen LogP contribution in [0.5, 0.6) is 5.75 Å². The van der Waals surface area contributed by atoms with Gasteiger partial charge in [-0.2, -0.15) is 0 Å². The molecule has 5 nitrogen and oxygen atoms in total. The van der Waals surface area contributed by atoms with E-state index in [1.807, 2.05) is 63.2 Å². The van der Waals surface area contributed by atoms with E-state index in [1.165, 1.54) is 5.41 Å². The van der Waals surface area contributed by atoms with Gasteiger partial charge in [0.25, 0.3) is 0 Å². The van der Waals surface area contributed by atoms with Crippen molar-refractivity contribution in [3.63, 3.8) is 0 Å². The molecule has 0 aliphatic carbocycles. The monoisotopic (exact) mass is 399 g/mol. The Hall–Kier alpha value is -2.60. The first kappa shape index (κ1) is 20.1. The minimum Gasteiger partial charge on any atom is -0.494 e. The molecule has 2 aromatic carbocycles. The Morgan fingerprint density at radius 2 is 1.82 bits per heavy atom. The fourth-order valence-electron chi connectivity index (χ4n) is 3.25. The van der Waals surface area contributed by atoms with E-state index in [0.29, 0.717) is 12.3 Å². The fraction of sp³-hybridized carbons (Fsp3) is 0.318. The second kappa shape index (κ2) is 8.19. The van der Waals surface area contributed by atoms with E-state index in [-0.39, 0.29) is 18.1 Å². The topological polar surface area (TPSA) is 63.7 Å². The van der Waals surface area contributed by atoms with Crippen LogP contribution in [-0.4, -0.2) is 32.7 Å². The molecule has 2 aromatic rings. The number of sulfone groups is 1. The molecule has 148 valence electrons. The van der Waals surface area contributed by atoms with Crippen LogP contribution in [0.1, 0.15) is 23.6 Å². The fourth-order valence-corrected chi connectivity index (χ4v) is 4.51. The zero-order valence-electron chi connectivity index (χ0n) is 16.4. The lowest BCUT2D eigenvalue weighted by molar-refractivity contribution is -0.118. The number of nitrogens with zero attached hydrogens (tertiary/aromatic N) is 1. The molecular weight excluding hydrogens is 374 g/mol. The third kappa shape index (κ3) is 4.62. The predicted octanol–water partition coefficient (Wildman–Crippen LogP) is 3.59. The summed E-state index contributed by atoms with van der Waals surface area (Å²) in [5.41, 5.74) is 3.75. The van der Waals surface area contributed by atoms with E-state index in [9.17, 15) is 13.2 Å². The molecule has 0 aromatic heterocycles. The molecular formula is C22H25NO4S. The first-order valence-corrected chi connectivity index (χ1v) is 11.0. The van der Waals surface area contributed by atoms with Crippen molar-refractivity contribution in [2.75, 3.05) is 17.3 Å². The maximum absolute atomic E-state index is 13.2. The van der Waals surface area contributed by atoms with Crippen LogP contribution in [-0.2, 0) is 21.1 Å². The number of ether oxygens (including phenoxy) is 1. The molecule has 0 N–H and O–H groups in total. The van der Waals surface area contributed by atoms with Gasteiger partial charge in [-0.05, 0) is 67.8 Å². The molecule has 1 amide bonds. The van der Waals surface area contributed by atoms with E-state index >= 15 is 0 Å². The number of anilines is 1. The Kier molecular flexibility index (Phi) is 5.89. The number of benzene rings is 2. The van der Waals surface area contributed by atoms with Gasteiger partial charge >= 0.3 is 0 Å². The van der Waals surface area contributed by atoms with Crippen molar-refractivity contribution < 1.29 is 17.9 Å². The standard InChI is InChI=1S/C22H25NO4S/c1-4-27-21-9-6-18(7-10-21)14-22(24)23(20-11-12-28(25,26)15-20)19-8-5-16(2)17(3)13-19/h5-13,20H,4,14-15H2,1-3H3. The van der Waals surface area contributed by atoms with Crippen molar-refractivity contribution in [2.24, 2.45) is 0 Å². The van der Waals surface area contributed by atoms with Gasteiger partial charge in [-0.3, -0.25) is 4.79 Å². The van der Waals surface area contributed by atoms with E-state index < -0.39 is 15.9 Å². The van der Waals surface area contributed by atoms with Gasteiger partial charge in [0.15, 0.2) is 9.84 Å². The van der Waals surface area contributed by atoms with Crippen molar-refractivity contribution in [1.82, 2.24) is 0 Å². The minimum absolute atomic E-state index is 0.0884. The Labute approximate surface area is 166 Å². The Morgan fingerprint density at radius 3 is 2.39 bits per heavy atom. The van der Waals surface area contributed by atoms with Gasteiger partial charge in [0.05, 0.1) is 24.8 Å². The van der Waals surface area contributed by atoms with E-state index in [4.69, 9.17) is 4.74 Å². The average Bonchev–Trinajstić information content (AvgIpc) is 2.99. The SMILES string of the molecule is CCOc1ccc(CC(=O)N(c2ccc(C)c(C)c2)C2C=CS(=O)(=O)C2)cc1. The lowest BCUT2D eigenvalue weighted by Crippen LogP contribution is -2.42. The number of carbonyl (C=O) groups is 1. The van der Waals surface area contributed by atoms with Crippen molar-refractivity contribution >= 4 is 21.4 Å². The summed E-state index contributed by atoms with van der Waals surface area (Å²) in [6.45, 7) is 6.49. The summed E-state index contributed by atoms with van der Waals surface area (Å²) >= 11 is 0. The summed E-state index contributed by atoms with van der Waals surface area (Å²) in [6, 6.07) is 12.7. The number of aryl methyl sites for hydroxylation is 2. The quantitative estimate of drug-likeness (QED) is 0.745. The number of hydrogen-bond donors (Lipinski definition) is 0. The number of rotatable bonds is 6. The molecule has 1 heterocycles. The van der Waals surface area contributed by atoms with Crippen molar-refractivity contribution in [3.8, 4) is 5.75 Å². The molecule has 1 aliphatic heterocycles. The smallest absolute Gasteiger partial charge is 0.231 e. The van der Waals surface area contributed by atoms with Crippen LogP contribution in [0.3, 0.4) is 0 Å². The lowest BCUT2D eigenvalue weighted by atomic mass is 10.1. The third-order valence-corrected chi connectivity index (χ3v) is 6.25. The summed E-state index contributed by atoms with van der Waals surface area (Å²) in [5, 5.41) is 1.20. The van der Waals surface area contributed by atoms with E-state index in [0.717, 1.165) is 22.4 Å².